The molecule has 18 heavy (non-hydrogen) atoms. The normalized spacial score (nSPS) is 10.0. The minimum atomic E-state index is -2.44. The van der Waals surface area contributed by atoms with E-state index in [0.29, 0.717) is 12.3 Å². The Morgan fingerprint density at radius 1 is 1.17 bits per heavy atom. The molecule has 0 unspecified atom stereocenters. The fourth-order valence-corrected chi connectivity index (χ4v) is 1.18. The van der Waals surface area contributed by atoms with Crippen LogP contribution in [-0.4, -0.2) is 32.8 Å². The zero-order valence-electron chi connectivity index (χ0n) is 9.86. The van der Waals surface area contributed by atoms with E-state index in [9.17, 15) is 8.78 Å². The van der Waals surface area contributed by atoms with Crippen LogP contribution in [-0.2, 0) is 4.74 Å². The number of hydrogen-bond donors (Lipinski definition) is 1. The topological polar surface area (TPSA) is 44.5 Å². The summed E-state index contributed by atoms with van der Waals surface area (Å²) in [7, 11) is 0. The van der Waals surface area contributed by atoms with Gasteiger partial charge in [0.1, 0.15) is 19.0 Å². The van der Waals surface area contributed by atoms with Crippen molar-refractivity contribution in [3.8, 4) is 17.6 Å². The molecule has 5 heteroatoms. The second-order valence-corrected chi connectivity index (χ2v) is 3.34. The van der Waals surface area contributed by atoms with E-state index in [1.807, 2.05) is 0 Å². The molecule has 98 valence electrons. The number of benzene rings is 1. The molecular formula is C13H15F2NO2. The Balaban J connectivity index is 2.27. The maximum Gasteiger partial charge on any atom is 0.261 e. The molecule has 0 aliphatic rings. The molecule has 1 aromatic rings. The van der Waals surface area contributed by atoms with Crippen molar-refractivity contribution in [3.05, 3.63) is 29.8 Å². The van der Waals surface area contributed by atoms with Crippen molar-refractivity contribution >= 4 is 0 Å². The van der Waals surface area contributed by atoms with Gasteiger partial charge in [0.2, 0.25) is 0 Å². The van der Waals surface area contributed by atoms with Crippen LogP contribution in [0, 0.1) is 11.8 Å². The van der Waals surface area contributed by atoms with Gasteiger partial charge < -0.3 is 15.2 Å². The standard InChI is InChI=1S/C13H15F2NO2/c14-13(15)10-17-8-9-18-12-5-3-11(4-6-12)2-1-7-16/h3-6,13H,7-10,16H2. The molecule has 0 amide bonds. The Hall–Kier alpha value is -1.64. The van der Waals surface area contributed by atoms with Crippen molar-refractivity contribution in [2.24, 2.45) is 5.73 Å². The van der Waals surface area contributed by atoms with Crippen molar-refractivity contribution in [3.63, 3.8) is 0 Å². The highest BCUT2D eigenvalue weighted by Gasteiger charge is 2.01. The van der Waals surface area contributed by atoms with Gasteiger partial charge in [-0.15, -0.1) is 0 Å². The molecule has 0 saturated carbocycles. The fraction of sp³-hybridized carbons (Fsp3) is 0.385. The number of halogens is 2. The molecule has 0 saturated heterocycles. The average molecular weight is 255 g/mol. The number of rotatable bonds is 6. The molecule has 0 aliphatic carbocycles. The highest BCUT2D eigenvalue weighted by Crippen LogP contribution is 2.11. The van der Waals surface area contributed by atoms with E-state index in [-0.39, 0.29) is 13.2 Å². The summed E-state index contributed by atoms with van der Waals surface area (Å²) in [5.74, 6) is 6.27. The summed E-state index contributed by atoms with van der Waals surface area (Å²) in [5, 5.41) is 0. The summed E-state index contributed by atoms with van der Waals surface area (Å²) in [6.07, 6.45) is -2.44. The van der Waals surface area contributed by atoms with Gasteiger partial charge in [-0.25, -0.2) is 8.78 Å². The summed E-state index contributed by atoms with van der Waals surface area (Å²) in [4.78, 5) is 0. The highest BCUT2D eigenvalue weighted by molar-refractivity contribution is 5.38. The summed E-state index contributed by atoms with van der Waals surface area (Å²) >= 11 is 0. The quantitative estimate of drug-likeness (QED) is 0.621. The molecular weight excluding hydrogens is 240 g/mol. The van der Waals surface area contributed by atoms with E-state index in [1.54, 1.807) is 24.3 Å². The van der Waals surface area contributed by atoms with E-state index >= 15 is 0 Å². The number of alkyl halides is 2. The molecule has 0 aliphatic heterocycles. The zero-order chi connectivity index (χ0) is 13.2. The lowest BCUT2D eigenvalue weighted by Gasteiger charge is -2.06. The van der Waals surface area contributed by atoms with Gasteiger partial charge in [-0.1, -0.05) is 11.8 Å². The third kappa shape index (κ3) is 6.18. The SMILES string of the molecule is NCC#Cc1ccc(OCCOCC(F)F)cc1. The van der Waals surface area contributed by atoms with Gasteiger partial charge in [-0.05, 0) is 24.3 Å². The third-order valence-corrected chi connectivity index (χ3v) is 1.93. The summed E-state index contributed by atoms with van der Waals surface area (Å²) < 4.78 is 33.5. The minimum Gasteiger partial charge on any atom is -0.491 e. The van der Waals surface area contributed by atoms with Crippen LogP contribution in [0.3, 0.4) is 0 Å². The Labute approximate surface area is 105 Å². The van der Waals surface area contributed by atoms with Crippen LogP contribution in [0.5, 0.6) is 5.75 Å². The van der Waals surface area contributed by atoms with Crippen molar-refractivity contribution in [1.29, 1.82) is 0 Å². The first-order valence-corrected chi connectivity index (χ1v) is 5.50. The van der Waals surface area contributed by atoms with Crippen molar-refractivity contribution in [2.75, 3.05) is 26.4 Å². The monoisotopic (exact) mass is 255 g/mol. The molecule has 0 atom stereocenters. The first kappa shape index (κ1) is 14.4. The molecule has 1 aromatic carbocycles. The molecule has 0 fully saturated rings. The molecule has 1 rings (SSSR count). The van der Waals surface area contributed by atoms with Crippen LogP contribution >= 0.6 is 0 Å². The van der Waals surface area contributed by atoms with Gasteiger partial charge in [0.25, 0.3) is 6.43 Å². The molecule has 3 nitrogen and oxygen atoms in total. The van der Waals surface area contributed by atoms with Crippen LogP contribution < -0.4 is 10.5 Å². The zero-order valence-corrected chi connectivity index (χ0v) is 9.86. The van der Waals surface area contributed by atoms with Gasteiger partial charge in [0, 0.05) is 5.56 Å². The Morgan fingerprint density at radius 3 is 2.50 bits per heavy atom. The number of hydrogen-bond acceptors (Lipinski definition) is 3. The third-order valence-electron chi connectivity index (χ3n) is 1.93. The number of ether oxygens (including phenoxy) is 2. The highest BCUT2D eigenvalue weighted by atomic mass is 19.3. The predicted molar refractivity (Wildman–Crippen MR) is 64.7 cm³/mol. The van der Waals surface area contributed by atoms with Crippen molar-refractivity contribution in [2.45, 2.75) is 6.43 Å². The molecule has 2 N–H and O–H groups in total. The van der Waals surface area contributed by atoms with Crippen LogP contribution in [0.4, 0.5) is 8.78 Å². The molecule has 0 spiro atoms. The van der Waals surface area contributed by atoms with Crippen molar-refractivity contribution in [1.82, 2.24) is 0 Å². The average Bonchev–Trinajstić information content (AvgIpc) is 2.37. The van der Waals surface area contributed by atoms with Gasteiger partial charge in [0.05, 0.1) is 13.2 Å². The molecule has 0 aromatic heterocycles. The van der Waals surface area contributed by atoms with Crippen LogP contribution in [0.25, 0.3) is 0 Å². The summed E-state index contributed by atoms with van der Waals surface area (Å²) in [6.45, 7) is 0.135. The summed E-state index contributed by atoms with van der Waals surface area (Å²) in [5.41, 5.74) is 6.10. The maximum atomic E-state index is 11.7. The Bertz CT molecular complexity index is 396. The number of nitrogens with two attached hydrogens (primary N) is 1. The molecule has 0 heterocycles. The second-order valence-electron chi connectivity index (χ2n) is 3.34. The maximum absolute atomic E-state index is 11.7. The van der Waals surface area contributed by atoms with E-state index < -0.39 is 13.0 Å². The van der Waals surface area contributed by atoms with Gasteiger partial charge in [0.15, 0.2) is 0 Å². The lowest BCUT2D eigenvalue weighted by atomic mass is 10.2. The Kier molecular flexibility index (Phi) is 6.77. The summed E-state index contributed by atoms with van der Waals surface area (Å²) in [6, 6.07) is 7.12. The predicted octanol–water partition coefficient (Wildman–Crippen LogP) is 1.66. The first-order valence-electron chi connectivity index (χ1n) is 5.50. The smallest absolute Gasteiger partial charge is 0.261 e. The molecule has 0 bridgehead atoms. The van der Waals surface area contributed by atoms with E-state index in [4.69, 9.17) is 10.5 Å². The lowest BCUT2D eigenvalue weighted by molar-refractivity contribution is 0.00763. The Morgan fingerprint density at radius 2 is 1.89 bits per heavy atom. The van der Waals surface area contributed by atoms with Gasteiger partial charge >= 0.3 is 0 Å². The largest absolute Gasteiger partial charge is 0.491 e. The minimum absolute atomic E-state index is 0.138. The molecule has 0 radical (unpaired) electrons. The first-order chi connectivity index (χ1) is 8.72. The van der Waals surface area contributed by atoms with E-state index in [1.165, 1.54) is 0 Å². The van der Waals surface area contributed by atoms with Crippen molar-refractivity contribution < 1.29 is 18.3 Å². The van der Waals surface area contributed by atoms with Crippen LogP contribution in [0.15, 0.2) is 24.3 Å². The van der Waals surface area contributed by atoms with E-state index in [0.717, 1.165) is 5.56 Å². The van der Waals surface area contributed by atoms with Gasteiger partial charge in [-0.2, -0.15) is 0 Å². The van der Waals surface area contributed by atoms with E-state index in [2.05, 4.69) is 16.6 Å². The second kappa shape index (κ2) is 8.45. The van der Waals surface area contributed by atoms with Gasteiger partial charge in [-0.3, -0.25) is 0 Å². The van der Waals surface area contributed by atoms with Crippen LogP contribution in [0.1, 0.15) is 5.56 Å². The fourth-order valence-electron chi connectivity index (χ4n) is 1.18. The van der Waals surface area contributed by atoms with Crippen LogP contribution in [0.2, 0.25) is 0 Å². The lowest BCUT2D eigenvalue weighted by Crippen LogP contribution is -2.11.